The Labute approximate surface area is 143 Å². The van der Waals surface area contributed by atoms with Crippen molar-refractivity contribution in [3.05, 3.63) is 48.7 Å². The highest BCUT2D eigenvalue weighted by Crippen LogP contribution is 2.35. The molecule has 10 heteroatoms. The number of furan rings is 1. The van der Waals surface area contributed by atoms with E-state index in [2.05, 4.69) is 20.5 Å². The SMILES string of the molecule is O=C(Nc1ccccc1)C(Sc1nnc(-c2ccco2)[nH]1)C(F)(F)F. The molecule has 6 nitrogen and oxygen atoms in total. The summed E-state index contributed by atoms with van der Waals surface area (Å²) in [6, 6.07) is 11.1. The first kappa shape index (κ1) is 17.1. The summed E-state index contributed by atoms with van der Waals surface area (Å²) >= 11 is 0.233. The molecule has 0 aliphatic carbocycles. The molecule has 2 N–H and O–H groups in total. The van der Waals surface area contributed by atoms with Crippen molar-refractivity contribution in [1.29, 1.82) is 0 Å². The Morgan fingerprint density at radius 3 is 2.56 bits per heavy atom. The number of alkyl halides is 3. The molecule has 25 heavy (non-hydrogen) atoms. The standard InChI is InChI=1S/C15H11F3N4O2S/c16-15(17,18)11(13(23)19-9-5-2-1-3-6-9)25-14-20-12(21-22-14)10-7-4-8-24-10/h1-8,11H,(H,19,23)(H,20,21,22). The normalized spacial score (nSPS) is 12.8. The number of para-hydroxylation sites is 1. The fourth-order valence-electron chi connectivity index (χ4n) is 1.93. The van der Waals surface area contributed by atoms with Crippen LogP contribution in [0.25, 0.3) is 11.6 Å². The van der Waals surface area contributed by atoms with Gasteiger partial charge < -0.3 is 14.7 Å². The summed E-state index contributed by atoms with van der Waals surface area (Å²) in [7, 11) is 0. The fraction of sp³-hybridized carbons (Fsp3) is 0.133. The van der Waals surface area contributed by atoms with E-state index in [1.165, 1.54) is 18.4 Å². The molecule has 3 rings (SSSR count). The van der Waals surface area contributed by atoms with Gasteiger partial charge in [0, 0.05) is 5.69 Å². The zero-order valence-corrected chi connectivity index (χ0v) is 13.3. The highest BCUT2D eigenvalue weighted by molar-refractivity contribution is 8.00. The van der Waals surface area contributed by atoms with E-state index < -0.39 is 17.3 Å². The quantitative estimate of drug-likeness (QED) is 0.671. The van der Waals surface area contributed by atoms with Crippen molar-refractivity contribution >= 4 is 23.4 Å². The molecular weight excluding hydrogens is 357 g/mol. The van der Waals surface area contributed by atoms with E-state index >= 15 is 0 Å². The predicted octanol–water partition coefficient (Wildman–Crippen LogP) is 3.73. The van der Waals surface area contributed by atoms with Gasteiger partial charge in [0.1, 0.15) is 0 Å². The molecule has 0 aliphatic rings. The van der Waals surface area contributed by atoms with Crippen LogP contribution in [0.3, 0.4) is 0 Å². The Kier molecular flexibility index (Phi) is 4.79. The highest BCUT2D eigenvalue weighted by Gasteiger charge is 2.46. The van der Waals surface area contributed by atoms with Crippen LogP contribution in [0.2, 0.25) is 0 Å². The molecule has 0 aliphatic heterocycles. The van der Waals surface area contributed by atoms with Gasteiger partial charge in [-0.3, -0.25) is 4.79 Å². The van der Waals surface area contributed by atoms with E-state index in [9.17, 15) is 18.0 Å². The number of nitrogens with zero attached hydrogens (tertiary/aromatic N) is 2. The minimum absolute atomic E-state index is 0.142. The number of carbonyl (C=O) groups is 1. The van der Waals surface area contributed by atoms with Crippen molar-refractivity contribution in [3.8, 4) is 11.6 Å². The molecule has 1 unspecified atom stereocenters. The van der Waals surface area contributed by atoms with Crippen LogP contribution >= 0.6 is 11.8 Å². The molecule has 0 radical (unpaired) electrons. The topological polar surface area (TPSA) is 83.8 Å². The fourth-order valence-corrected chi connectivity index (χ4v) is 2.70. The van der Waals surface area contributed by atoms with Crippen molar-refractivity contribution in [2.45, 2.75) is 16.6 Å². The maximum absolute atomic E-state index is 13.3. The number of aromatic nitrogens is 3. The lowest BCUT2D eigenvalue weighted by Gasteiger charge is -2.18. The van der Waals surface area contributed by atoms with Gasteiger partial charge in [0.2, 0.25) is 5.91 Å². The Morgan fingerprint density at radius 1 is 1.16 bits per heavy atom. The van der Waals surface area contributed by atoms with E-state index in [1.54, 1.807) is 30.3 Å². The Bertz CT molecular complexity index is 834. The van der Waals surface area contributed by atoms with E-state index in [1.807, 2.05) is 0 Å². The molecule has 2 heterocycles. The van der Waals surface area contributed by atoms with Crippen LogP contribution in [-0.2, 0) is 4.79 Å². The van der Waals surface area contributed by atoms with Crippen molar-refractivity contribution in [3.63, 3.8) is 0 Å². The van der Waals surface area contributed by atoms with Gasteiger partial charge in [-0.2, -0.15) is 13.2 Å². The van der Waals surface area contributed by atoms with Gasteiger partial charge in [0.15, 0.2) is 22.0 Å². The lowest BCUT2D eigenvalue weighted by molar-refractivity contribution is -0.146. The van der Waals surface area contributed by atoms with Gasteiger partial charge in [-0.15, -0.1) is 10.2 Å². The summed E-state index contributed by atoms with van der Waals surface area (Å²) in [5, 5.41) is 7.11. The van der Waals surface area contributed by atoms with Gasteiger partial charge in [-0.05, 0) is 24.3 Å². The molecule has 130 valence electrons. The van der Waals surface area contributed by atoms with Crippen LogP contribution in [-0.4, -0.2) is 32.5 Å². The molecule has 0 bridgehead atoms. The van der Waals surface area contributed by atoms with Crippen LogP contribution in [0.1, 0.15) is 0 Å². The van der Waals surface area contributed by atoms with Gasteiger partial charge in [0.05, 0.1) is 6.26 Å². The van der Waals surface area contributed by atoms with Crippen LogP contribution in [0, 0.1) is 0 Å². The number of anilines is 1. The number of benzene rings is 1. The smallest absolute Gasteiger partial charge is 0.409 e. The maximum Gasteiger partial charge on any atom is 0.409 e. The number of amides is 1. The van der Waals surface area contributed by atoms with Gasteiger partial charge in [0.25, 0.3) is 0 Å². The van der Waals surface area contributed by atoms with Crippen molar-refractivity contribution < 1.29 is 22.4 Å². The number of carbonyl (C=O) groups excluding carboxylic acids is 1. The number of thioether (sulfide) groups is 1. The minimum atomic E-state index is -4.76. The monoisotopic (exact) mass is 368 g/mol. The largest absolute Gasteiger partial charge is 0.461 e. The zero-order chi connectivity index (χ0) is 17.9. The third-order valence-electron chi connectivity index (χ3n) is 3.03. The van der Waals surface area contributed by atoms with Crippen molar-refractivity contribution in [2.24, 2.45) is 0 Å². The van der Waals surface area contributed by atoms with Crippen LogP contribution in [0.5, 0.6) is 0 Å². The number of rotatable bonds is 5. The number of H-pyrrole nitrogens is 1. The van der Waals surface area contributed by atoms with Gasteiger partial charge >= 0.3 is 6.18 Å². The van der Waals surface area contributed by atoms with Gasteiger partial charge in [-0.25, -0.2) is 0 Å². The summed E-state index contributed by atoms with van der Waals surface area (Å²) < 4.78 is 44.9. The number of hydrogen-bond donors (Lipinski definition) is 2. The van der Waals surface area contributed by atoms with Crippen LogP contribution in [0.4, 0.5) is 18.9 Å². The molecular formula is C15H11F3N4O2S. The molecule has 0 saturated heterocycles. The molecule has 0 saturated carbocycles. The molecule has 0 fully saturated rings. The van der Waals surface area contributed by atoms with E-state index in [0.29, 0.717) is 5.76 Å². The number of halogens is 3. The highest BCUT2D eigenvalue weighted by atomic mass is 32.2. The second-order valence-corrected chi connectivity index (χ2v) is 5.94. The second-order valence-electron chi connectivity index (χ2n) is 4.85. The van der Waals surface area contributed by atoms with E-state index in [0.717, 1.165) is 0 Å². The van der Waals surface area contributed by atoms with Gasteiger partial charge in [-0.1, -0.05) is 30.0 Å². The molecule has 2 aromatic heterocycles. The molecule has 1 amide bonds. The lowest BCUT2D eigenvalue weighted by atomic mass is 10.3. The number of hydrogen-bond acceptors (Lipinski definition) is 5. The first-order valence-corrected chi connectivity index (χ1v) is 7.87. The van der Waals surface area contributed by atoms with Crippen LogP contribution < -0.4 is 5.32 Å². The first-order valence-electron chi connectivity index (χ1n) is 6.99. The average molecular weight is 368 g/mol. The Hall–Kier alpha value is -2.75. The zero-order valence-electron chi connectivity index (χ0n) is 12.4. The van der Waals surface area contributed by atoms with E-state index in [-0.39, 0.29) is 28.4 Å². The van der Waals surface area contributed by atoms with Crippen molar-refractivity contribution in [1.82, 2.24) is 15.2 Å². The van der Waals surface area contributed by atoms with E-state index in [4.69, 9.17) is 4.42 Å². The second kappa shape index (κ2) is 7.01. The molecule has 1 atom stereocenters. The van der Waals surface area contributed by atoms with Crippen LogP contribution in [0.15, 0.2) is 58.3 Å². The molecule has 1 aromatic carbocycles. The summed E-state index contributed by atoms with van der Waals surface area (Å²) in [4.78, 5) is 14.7. The third kappa shape index (κ3) is 4.21. The Balaban J connectivity index is 1.76. The minimum Gasteiger partial charge on any atom is -0.461 e. The predicted molar refractivity (Wildman–Crippen MR) is 84.9 cm³/mol. The number of aromatic amines is 1. The molecule has 3 aromatic rings. The van der Waals surface area contributed by atoms with Crippen molar-refractivity contribution in [2.75, 3.05) is 5.32 Å². The number of nitrogens with one attached hydrogen (secondary N) is 2. The summed E-state index contributed by atoms with van der Waals surface area (Å²) in [6.45, 7) is 0. The molecule has 0 spiro atoms. The summed E-state index contributed by atoms with van der Waals surface area (Å²) in [5.74, 6) is -0.687. The Morgan fingerprint density at radius 2 is 1.92 bits per heavy atom. The summed E-state index contributed by atoms with van der Waals surface area (Å²) in [6.07, 6.45) is -3.36. The summed E-state index contributed by atoms with van der Waals surface area (Å²) in [5.41, 5.74) is 0.274. The maximum atomic E-state index is 13.3. The lowest BCUT2D eigenvalue weighted by Crippen LogP contribution is -2.38. The average Bonchev–Trinajstić information content (AvgIpc) is 3.23. The first-order chi connectivity index (χ1) is 11.9. The third-order valence-corrected chi connectivity index (χ3v) is 4.15.